The van der Waals surface area contributed by atoms with Crippen molar-refractivity contribution in [3.8, 4) is 0 Å². The summed E-state index contributed by atoms with van der Waals surface area (Å²) in [6.45, 7) is 3.87. The monoisotopic (exact) mass is 414 g/mol. The number of halogens is 1. The van der Waals surface area contributed by atoms with E-state index in [0.29, 0.717) is 16.4 Å². The Bertz CT molecular complexity index is 1210. The van der Waals surface area contributed by atoms with Crippen LogP contribution in [0.1, 0.15) is 23.6 Å². The van der Waals surface area contributed by atoms with Gasteiger partial charge in [0.15, 0.2) is 0 Å². The van der Waals surface area contributed by atoms with Gasteiger partial charge in [0.05, 0.1) is 17.1 Å². The number of hydrazone groups is 1. The van der Waals surface area contributed by atoms with E-state index in [2.05, 4.69) is 10.4 Å². The smallest absolute Gasteiger partial charge is 0.302 e. The Labute approximate surface area is 179 Å². The molecule has 1 N–H and O–H groups in total. The first-order valence-corrected chi connectivity index (χ1v) is 10.1. The number of aryl methyl sites for hydroxylation is 1. The fourth-order valence-electron chi connectivity index (χ4n) is 3.79. The zero-order valence-electron chi connectivity index (χ0n) is 16.6. The molecule has 0 radical (unpaired) electrons. The summed E-state index contributed by atoms with van der Waals surface area (Å²) in [4.78, 5) is 18.6. The first-order chi connectivity index (χ1) is 14.5. The number of nitrogens with one attached hydrogen (secondary N) is 1. The average molecular weight is 415 g/mol. The molecule has 0 fully saturated rings. The topological polar surface area (TPSA) is 57.1 Å². The second-order valence-corrected chi connectivity index (χ2v) is 7.92. The van der Waals surface area contributed by atoms with Crippen molar-refractivity contribution in [3.63, 3.8) is 0 Å². The van der Waals surface area contributed by atoms with E-state index >= 15 is 0 Å². The molecule has 1 atom stereocenters. The lowest BCUT2D eigenvalue weighted by Crippen LogP contribution is -2.53. The summed E-state index contributed by atoms with van der Waals surface area (Å²) < 4.78 is 0. The highest BCUT2D eigenvalue weighted by Crippen LogP contribution is 2.37. The van der Waals surface area contributed by atoms with Gasteiger partial charge in [0.2, 0.25) is 0 Å². The van der Waals surface area contributed by atoms with Crippen LogP contribution in [0.25, 0.3) is 0 Å². The fourth-order valence-corrected chi connectivity index (χ4v) is 3.91. The Hall–Kier alpha value is -3.44. The SMILES string of the molecule is CC1=NN(c2ccc(Cl)cc2)C(=O)C12N=C(c1ccc(C)cc1)c1ccccc1N2. The highest BCUT2D eigenvalue weighted by atomic mass is 35.5. The van der Waals surface area contributed by atoms with E-state index in [0.717, 1.165) is 22.5 Å². The predicted molar refractivity (Wildman–Crippen MR) is 122 cm³/mol. The van der Waals surface area contributed by atoms with Gasteiger partial charge in [-0.1, -0.05) is 59.6 Å². The molecule has 2 aliphatic rings. The van der Waals surface area contributed by atoms with Crippen molar-refractivity contribution in [3.05, 3.63) is 94.5 Å². The molecule has 0 bridgehead atoms. The van der Waals surface area contributed by atoms with Crippen LogP contribution in [0.5, 0.6) is 0 Å². The molecule has 3 aromatic rings. The predicted octanol–water partition coefficient (Wildman–Crippen LogP) is 5.03. The van der Waals surface area contributed by atoms with Crippen molar-refractivity contribution in [2.75, 3.05) is 10.3 Å². The van der Waals surface area contributed by atoms with E-state index in [9.17, 15) is 4.79 Å². The van der Waals surface area contributed by atoms with Gasteiger partial charge < -0.3 is 5.32 Å². The summed E-state index contributed by atoms with van der Waals surface area (Å²) in [6, 6.07) is 23.1. The number of benzene rings is 3. The summed E-state index contributed by atoms with van der Waals surface area (Å²) >= 11 is 6.01. The number of nitrogens with zero attached hydrogens (tertiary/aromatic N) is 3. The Morgan fingerprint density at radius 3 is 2.37 bits per heavy atom. The van der Waals surface area contributed by atoms with E-state index in [1.54, 1.807) is 24.3 Å². The molecule has 0 aliphatic carbocycles. The van der Waals surface area contributed by atoms with Gasteiger partial charge in [-0.05, 0) is 44.2 Å². The largest absolute Gasteiger partial charge is 0.348 e. The molecular weight excluding hydrogens is 396 g/mol. The van der Waals surface area contributed by atoms with Gasteiger partial charge in [0, 0.05) is 21.8 Å². The van der Waals surface area contributed by atoms with Crippen LogP contribution in [0, 0.1) is 6.92 Å². The lowest BCUT2D eigenvalue weighted by atomic mass is 9.93. The molecular formula is C24H19ClN4O. The minimum absolute atomic E-state index is 0.249. The fraction of sp³-hybridized carbons (Fsp3) is 0.125. The van der Waals surface area contributed by atoms with Gasteiger partial charge in [0.25, 0.3) is 5.66 Å². The number of amides is 1. The number of para-hydroxylation sites is 1. The first kappa shape index (κ1) is 18.6. The number of carbonyl (C=O) groups is 1. The summed E-state index contributed by atoms with van der Waals surface area (Å²) in [5, 5.41) is 9.90. The molecule has 1 spiro atoms. The maximum Gasteiger partial charge on any atom is 0.302 e. The van der Waals surface area contributed by atoms with Crippen molar-refractivity contribution in [2.45, 2.75) is 19.5 Å². The lowest BCUT2D eigenvalue weighted by Gasteiger charge is -2.33. The Morgan fingerprint density at radius 2 is 1.63 bits per heavy atom. The van der Waals surface area contributed by atoms with Gasteiger partial charge in [-0.2, -0.15) is 10.1 Å². The maximum atomic E-state index is 13.6. The van der Waals surface area contributed by atoms with Crippen LogP contribution in [0.15, 0.2) is 82.9 Å². The minimum Gasteiger partial charge on any atom is -0.348 e. The molecule has 0 saturated carbocycles. The molecule has 5 rings (SSSR count). The third kappa shape index (κ3) is 2.82. The van der Waals surface area contributed by atoms with Crippen LogP contribution in [-0.2, 0) is 4.79 Å². The maximum absolute atomic E-state index is 13.6. The van der Waals surface area contributed by atoms with Crippen LogP contribution in [0.2, 0.25) is 5.02 Å². The molecule has 2 heterocycles. The normalized spacial score (nSPS) is 20.0. The third-order valence-electron chi connectivity index (χ3n) is 5.45. The van der Waals surface area contributed by atoms with Crippen LogP contribution < -0.4 is 10.3 Å². The molecule has 0 saturated heterocycles. The third-order valence-corrected chi connectivity index (χ3v) is 5.70. The summed E-state index contributed by atoms with van der Waals surface area (Å²) in [5.41, 5.74) is 4.65. The molecule has 5 nitrogen and oxygen atoms in total. The van der Waals surface area contributed by atoms with Gasteiger partial charge >= 0.3 is 5.91 Å². The number of rotatable bonds is 2. The zero-order chi connectivity index (χ0) is 20.9. The number of carbonyl (C=O) groups excluding carboxylic acids is 1. The molecule has 148 valence electrons. The van der Waals surface area contributed by atoms with E-state index in [-0.39, 0.29) is 5.91 Å². The highest BCUT2D eigenvalue weighted by molar-refractivity contribution is 6.31. The second kappa shape index (κ2) is 6.82. The van der Waals surface area contributed by atoms with E-state index < -0.39 is 5.66 Å². The van der Waals surface area contributed by atoms with Crippen molar-refractivity contribution in [1.82, 2.24) is 0 Å². The molecule has 30 heavy (non-hydrogen) atoms. The van der Waals surface area contributed by atoms with Crippen molar-refractivity contribution >= 4 is 40.3 Å². The second-order valence-electron chi connectivity index (χ2n) is 7.49. The van der Waals surface area contributed by atoms with Gasteiger partial charge in [-0.3, -0.25) is 4.79 Å². The Kier molecular flexibility index (Phi) is 4.22. The number of hydrogen-bond donors (Lipinski definition) is 1. The van der Waals surface area contributed by atoms with Crippen LogP contribution in [0.4, 0.5) is 11.4 Å². The quantitative estimate of drug-likeness (QED) is 0.639. The summed E-state index contributed by atoms with van der Waals surface area (Å²) in [5.74, 6) is -0.249. The molecule has 3 aromatic carbocycles. The summed E-state index contributed by atoms with van der Waals surface area (Å²) in [7, 11) is 0. The number of aliphatic imine (C=N–C) groups is 1. The Balaban J connectivity index is 1.66. The van der Waals surface area contributed by atoms with Crippen molar-refractivity contribution in [1.29, 1.82) is 0 Å². The minimum atomic E-state index is -1.28. The van der Waals surface area contributed by atoms with Gasteiger partial charge in [-0.25, -0.2) is 4.99 Å². The van der Waals surface area contributed by atoms with E-state index in [1.807, 2.05) is 62.4 Å². The molecule has 1 unspecified atom stereocenters. The Morgan fingerprint density at radius 1 is 0.933 bits per heavy atom. The zero-order valence-corrected chi connectivity index (χ0v) is 17.3. The lowest BCUT2D eigenvalue weighted by molar-refractivity contribution is -0.120. The standard InChI is InChI=1S/C24H19ClN4O/c1-15-7-9-17(10-8-15)22-20-5-3-4-6-21(20)26-24(27-22)16(2)28-29(23(24)30)19-13-11-18(25)12-14-19/h3-14,26H,1-2H3. The van der Waals surface area contributed by atoms with E-state index in [4.69, 9.17) is 16.6 Å². The van der Waals surface area contributed by atoms with Crippen LogP contribution in [0.3, 0.4) is 0 Å². The van der Waals surface area contributed by atoms with Gasteiger partial charge in [0.1, 0.15) is 0 Å². The molecule has 6 heteroatoms. The van der Waals surface area contributed by atoms with Gasteiger partial charge in [-0.15, -0.1) is 0 Å². The number of anilines is 2. The number of fused-ring (bicyclic) bond motifs is 1. The number of hydrogen-bond acceptors (Lipinski definition) is 4. The van der Waals surface area contributed by atoms with Crippen molar-refractivity contribution < 1.29 is 4.79 Å². The summed E-state index contributed by atoms with van der Waals surface area (Å²) in [6.07, 6.45) is 0. The van der Waals surface area contributed by atoms with E-state index in [1.165, 1.54) is 10.6 Å². The van der Waals surface area contributed by atoms with Crippen LogP contribution in [-0.4, -0.2) is 23.0 Å². The average Bonchev–Trinajstić information content (AvgIpc) is 2.99. The first-order valence-electron chi connectivity index (χ1n) is 9.68. The van der Waals surface area contributed by atoms with Crippen molar-refractivity contribution in [2.24, 2.45) is 10.1 Å². The molecule has 1 amide bonds. The van der Waals surface area contributed by atoms with Crippen LogP contribution >= 0.6 is 11.6 Å². The molecule has 0 aromatic heterocycles. The molecule has 2 aliphatic heterocycles. The highest BCUT2D eigenvalue weighted by Gasteiger charge is 2.52.